The molecule has 0 heterocycles. The van der Waals surface area contributed by atoms with Gasteiger partial charge in [0.05, 0.1) is 6.04 Å². The van der Waals surface area contributed by atoms with E-state index in [4.69, 9.17) is 5.11 Å². The van der Waals surface area contributed by atoms with E-state index in [9.17, 15) is 9.59 Å². The van der Waals surface area contributed by atoms with E-state index in [1.54, 1.807) is 0 Å². The van der Waals surface area contributed by atoms with Gasteiger partial charge in [0.25, 0.3) is 0 Å². The van der Waals surface area contributed by atoms with Crippen LogP contribution in [0.25, 0.3) is 0 Å². The minimum absolute atomic E-state index is 0.241. The molecule has 0 fully saturated rings. The molecule has 0 radical (unpaired) electrons. The van der Waals surface area contributed by atoms with Crippen molar-refractivity contribution >= 4 is 11.9 Å². The number of amides is 1. The van der Waals surface area contributed by atoms with Gasteiger partial charge in [0.15, 0.2) is 0 Å². The molecule has 1 aromatic rings. The molecular formula is C11H13NO3. The van der Waals surface area contributed by atoms with E-state index in [1.165, 1.54) is 0 Å². The van der Waals surface area contributed by atoms with Crippen LogP contribution in [0.5, 0.6) is 0 Å². The van der Waals surface area contributed by atoms with Crippen molar-refractivity contribution in [1.82, 2.24) is 5.32 Å². The van der Waals surface area contributed by atoms with Crippen molar-refractivity contribution in [2.75, 3.05) is 0 Å². The van der Waals surface area contributed by atoms with Gasteiger partial charge in [-0.2, -0.15) is 0 Å². The average molecular weight is 207 g/mol. The summed E-state index contributed by atoms with van der Waals surface area (Å²) in [6, 6.07) is 9.05. The Morgan fingerprint density at radius 2 is 1.93 bits per heavy atom. The third-order valence-electron chi connectivity index (χ3n) is 2.11. The Morgan fingerprint density at radius 1 is 1.33 bits per heavy atom. The number of nitrogens with one attached hydrogen (secondary N) is 1. The summed E-state index contributed by atoms with van der Waals surface area (Å²) in [5, 5.41) is 10.9. The number of rotatable bonds is 3. The van der Waals surface area contributed by atoms with Gasteiger partial charge < -0.3 is 10.4 Å². The number of carbonyl (C=O) groups excluding carboxylic acids is 1. The second-order valence-corrected chi connectivity index (χ2v) is 3.15. The van der Waals surface area contributed by atoms with Crippen LogP contribution in [0.3, 0.4) is 0 Å². The molecule has 1 unspecified atom stereocenters. The minimum atomic E-state index is -1.45. The van der Waals surface area contributed by atoms with E-state index in [0.717, 1.165) is 5.56 Å². The van der Waals surface area contributed by atoms with Gasteiger partial charge in [-0.25, -0.2) is 4.79 Å². The number of aliphatic carboxylic acids is 1. The van der Waals surface area contributed by atoms with Crippen molar-refractivity contribution in [3.05, 3.63) is 35.9 Å². The second-order valence-electron chi connectivity index (χ2n) is 3.15. The third kappa shape index (κ3) is 3.09. The molecule has 0 aliphatic carbocycles. The van der Waals surface area contributed by atoms with Crippen LogP contribution >= 0.6 is 0 Å². The summed E-state index contributed by atoms with van der Waals surface area (Å²) in [6.45, 7) is 1.89. The van der Waals surface area contributed by atoms with E-state index < -0.39 is 11.9 Å². The van der Waals surface area contributed by atoms with Crippen LogP contribution in [-0.2, 0) is 9.59 Å². The number of hydrogen-bond donors (Lipinski definition) is 2. The lowest BCUT2D eigenvalue weighted by atomic mass is 10.0. The van der Waals surface area contributed by atoms with Gasteiger partial charge in [-0.05, 0) is 12.0 Å². The Kier molecular flexibility index (Phi) is 3.85. The van der Waals surface area contributed by atoms with Gasteiger partial charge in [0.2, 0.25) is 0 Å². The Bertz CT molecular complexity index is 348. The zero-order valence-corrected chi connectivity index (χ0v) is 8.43. The average Bonchev–Trinajstić information content (AvgIpc) is 2.26. The molecule has 4 nitrogen and oxygen atoms in total. The van der Waals surface area contributed by atoms with Crippen LogP contribution in [0.4, 0.5) is 0 Å². The molecule has 80 valence electrons. The molecule has 15 heavy (non-hydrogen) atoms. The Balaban J connectivity index is 2.73. The van der Waals surface area contributed by atoms with Crippen LogP contribution < -0.4 is 5.32 Å². The monoisotopic (exact) mass is 207 g/mol. The highest BCUT2D eigenvalue weighted by Crippen LogP contribution is 2.15. The molecule has 2 N–H and O–H groups in total. The molecule has 1 atom stereocenters. The quantitative estimate of drug-likeness (QED) is 0.735. The summed E-state index contributed by atoms with van der Waals surface area (Å²) >= 11 is 0. The summed E-state index contributed by atoms with van der Waals surface area (Å²) in [6.07, 6.45) is 0.656. The standard InChI is InChI=1S/C11H13NO3/c1-2-9(12-10(13)11(14)15)8-6-4-3-5-7-8/h3-7,9H,2H2,1H3,(H,12,13)(H,14,15). The smallest absolute Gasteiger partial charge is 0.394 e. The van der Waals surface area contributed by atoms with E-state index in [1.807, 2.05) is 37.3 Å². The first kappa shape index (κ1) is 11.2. The molecule has 1 amide bonds. The molecule has 0 spiro atoms. The molecule has 0 aromatic heterocycles. The highest BCUT2D eigenvalue weighted by Gasteiger charge is 2.16. The van der Waals surface area contributed by atoms with E-state index >= 15 is 0 Å². The lowest BCUT2D eigenvalue weighted by Crippen LogP contribution is -2.33. The summed E-state index contributed by atoms with van der Waals surface area (Å²) in [5.74, 6) is -2.42. The van der Waals surface area contributed by atoms with Crippen molar-refractivity contribution in [2.24, 2.45) is 0 Å². The zero-order valence-electron chi connectivity index (χ0n) is 8.43. The first-order valence-corrected chi connectivity index (χ1v) is 4.74. The topological polar surface area (TPSA) is 66.4 Å². The van der Waals surface area contributed by atoms with E-state index in [0.29, 0.717) is 6.42 Å². The van der Waals surface area contributed by atoms with Gasteiger partial charge in [-0.3, -0.25) is 4.79 Å². The van der Waals surface area contributed by atoms with Crippen molar-refractivity contribution in [3.8, 4) is 0 Å². The van der Waals surface area contributed by atoms with Crippen molar-refractivity contribution < 1.29 is 14.7 Å². The molecule has 0 aliphatic heterocycles. The van der Waals surface area contributed by atoms with Gasteiger partial charge in [-0.1, -0.05) is 37.3 Å². The predicted molar refractivity (Wildman–Crippen MR) is 55.3 cm³/mol. The van der Waals surface area contributed by atoms with Crippen molar-refractivity contribution in [2.45, 2.75) is 19.4 Å². The first-order valence-electron chi connectivity index (χ1n) is 4.74. The number of hydrogen-bond acceptors (Lipinski definition) is 2. The van der Waals surface area contributed by atoms with Crippen LogP contribution in [0, 0.1) is 0 Å². The summed E-state index contributed by atoms with van der Waals surface area (Å²) < 4.78 is 0. The third-order valence-corrected chi connectivity index (χ3v) is 2.11. The van der Waals surface area contributed by atoms with Gasteiger partial charge >= 0.3 is 11.9 Å². The fraction of sp³-hybridized carbons (Fsp3) is 0.273. The fourth-order valence-corrected chi connectivity index (χ4v) is 1.33. The summed E-state index contributed by atoms with van der Waals surface area (Å²) in [4.78, 5) is 21.3. The summed E-state index contributed by atoms with van der Waals surface area (Å²) in [7, 11) is 0. The van der Waals surface area contributed by atoms with Crippen molar-refractivity contribution in [1.29, 1.82) is 0 Å². The van der Waals surface area contributed by atoms with Crippen LogP contribution in [0.2, 0.25) is 0 Å². The van der Waals surface area contributed by atoms with Crippen LogP contribution in [-0.4, -0.2) is 17.0 Å². The van der Waals surface area contributed by atoms with Gasteiger partial charge in [0.1, 0.15) is 0 Å². The maximum absolute atomic E-state index is 11.0. The van der Waals surface area contributed by atoms with Crippen LogP contribution in [0.15, 0.2) is 30.3 Å². The number of carboxylic acids is 1. The first-order chi connectivity index (χ1) is 7.15. The SMILES string of the molecule is CCC(NC(=O)C(=O)O)c1ccccc1. The Labute approximate surface area is 87.9 Å². The fourth-order valence-electron chi connectivity index (χ4n) is 1.33. The lowest BCUT2D eigenvalue weighted by molar-refractivity contribution is -0.150. The molecule has 1 aromatic carbocycles. The van der Waals surface area contributed by atoms with Crippen molar-refractivity contribution in [3.63, 3.8) is 0 Å². The highest BCUT2D eigenvalue weighted by molar-refractivity contribution is 6.31. The highest BCUT2D eigenvalue weighted by atomic mass is 16.4. The predicted octanol–water partition coefficient (Wildman–Crippen LogP) is 1.34. The molecule has 0 saturated carbocycles. The molecule has 0 aliphatic rings. The van der Waals surface area contributed by atoms with Gasteiger partial charge in [-0.15, -0.1) is 0 Å². The normalized spacial score (nSPS) is 11.8. The maximum atomic E-state index is 11.0. The van der Waals surface area contributed by atoms with Crippen LogP contribution in [0.1, 0.15) is 24.9 Å². The molecule has 0 bridgehead atoms. The molecule has 1 rings (SSSR count). The number of carbonyl (C=O) groups is 2. The number of benzene rings is 1. The van der Waals surface area contributed by atoms with E-state index in [2.05, 4.69) is 5.32 Å². The minimum Gasteiger partial charge on any atom is -0.474 e. The Hall–Kier alpha value is -1.84. The zero-order chi connectivity index (χ0) is 11.3. The Morgan fingerprint density at radius 3 is 2.40 bits per heavy atom. The lowest BCUT2D eigenvalue weighted by Gasteiger charge is -2.15. The van der Waals surface area contributed by atoms with E-state index in [-0.39, 0.29) is 6.04 Å². The summed E-state index contributed by atoms with van der Waals surface area (Å²) in [5.41, 5.74) is 0.912. The molecule has 4 heteroatoms. The number of carboxylic acid groups (broad SMARTS) is 1. The second kappa shape index (κ2) is 5.14. The largest absolute Gasteiger partial charge is 0.474 e. The molecule has 0 saturated heterocycles. The maximum Gasteiger partial charge on any atom is 0.394 e. The van der Waals surface area contributed by atoms with Gasteiger partial charge in [0, 0.05) is 0 Å². The molecular weight excluding hydrogens is 194 g/mol.